The average Bonchev–Trinajstić information content (AvgIpc) is 3.05. The summed E-state index contributed by atoms with van der Waals surface area (Å²) < 4.78 is 5.92. The highest BCUT2D eigenvalue weighted by atomic mass is 79.9. The number of aromatic nitrogens is 2. The lowest BCUT2D eigenvalue weighted by Crippen LogP contribution is -2.42. The molecule has 2 aromatic rings. The Morgan fingerprint density at radius 3 is 2.56 bits per heavy atom. The van der Waals surface area contributed by atoms with Crippen LogP contribution in [0.15, 0.2) is 33.3 Å². The van der Waals surface area contributed by atoms with Crippen LogP contribution < -0.4 is 5.32 Å². The van der Waals surface area contributed by atoms with Gasteiger partial charge < -0.3 is 14.7 Å². The Balaban J connectivity index is 1.48. The van der Waals surface area contributed by atoms with Gasteiger partial charge in [-0.15, -0.1) is 0 Å². The molecule has 1 N–H and O–H groups in total. The number of rotatable bonds is 4. The fourth-order valence-corrected chi connectivity index (χ4v) is 3.10. The van der Waals surface area contributed by atoms with Crippen molar-refractivity contribution in [1.82, 2.24) is 20.4 Å². The predicted octanol–water partition coefficient (Wildman–Crippen LogP) is 2.31. The van der Waals surface area contributed by atoms with Gasteiger partial charge in [-0.3, -0.25) is 9.59 Å². The number of aryl methyl sites for hydroxylation is 1. The summed E-state index contributed by atoms with van der Waals surface area (Å²) in [5, 5.41) is 6.51. The van der Waals surface area contributed by atoms with E-state index >= 15 is 0 Å². The summed E-state index contributed by atoms with van der Waals surface area (Å²) in [6.07, 6.45) is 1.30. The van der Waals surface area contributed by atoms with Gasteiger partial charge in [0.25, 0.3) is 5.91 Å². The fourth-order valence-electron chi connectivity index (χ4n) is 2.84. The number of amides is 2. The van der Waals surface area contributed by atoms with Crippen LogP contribution in [-0.2, 0) is 11.3 Å². The first kappa shape index (κ1) is 17.6. The van der Waals surface area contributed by atoms with Gasteiger partial charge in [0.1, 0.15) is 0 Å². The van der Waals surface area contributed by atoms with E-state index in [0.29, 0.717) is 43.2 Å². The minimum absolute atomic E-state index is 0.00712. The predicted molar refractivity (Wildman–Crippen MR) is 93.7 cm³/mol. The van der Waals surface area contributed by atoms with E-state index in [2.05, 4.69) is 31.4 Å². The number of carbonyl (C=O) groups is 2. The second-order valence-corrected chi connectivity index (χ2v) is 6.94. The van der Waals surface area contributed by atoms with Crippen LogP contribution in [0.2, 0.25) is 0 Å². The number of piperidine rings is 1. The van der Waals surface area contributed by atoms with Crippen LogP contribution in [0.25, 0.3) is 0 Å². The van der Waals surface area contributed by atoms with Crippen LogP contribution in [0.3, 0.4) is 0 Å². The molecule has 0 aliphatic carbocycles. The van der Waals surface area contributed by atoms with E-state index in [4.69, 9.17) is 4.52 Å². The molecule has 7 nitrogen and oxygen atoms in total. The zero-order valence-corrected chi connectivity index (χ0v) is 15.5. The van der Waals surface area contributed by atoms with Gasteiger partial charge in [-0.25, -0.2) is 0 Å². The molecule has 1 aromatic carbocycles. The first-order valence-electron chi connectivity index (χ1n) is 8.14. The van der Waals surface area contributed by atoms with E-state index in [0.717, 1.165) is 4.47 Å². The Morgan fingerprint density at radius 1 is 1.28 bits per heavy atom. The largest absolute Gasteiger partial charge is 0.347 e. The molecule has 8 heteroatoms. The molecule has 0 radical (unpaired) electrons. The standard InChI is InChI=1S/C17H19BrN4O3/c1-11-20-15(25-21-11)10-19-16(23)12-6-8-22(9-7-12)17(24)13-2-4-14(18)5-3-13/h2-5,12H,6-10H2,1H3,(H,19,23). The maximum absolute atomic E-state index is 12.5. The van der Waals surface area contributed by atoms with Crippen molar-refractivity contribution >= 4 is 27.7 Å². The Hall–Kier alpha value is -2.22. The molecule has 0 unspecified atom stereocenters. The molecule has 1 aromatic heterocycles. The molecule has 1 aliphatic heterocycles. The number of hydrogen-bond donors (Lipinski definition) is 1. The van der Waals surface area contributed by atoms with Crippen LogP contribution in [-0.4, -0.2) is 39.9 Å². The summed E-state index contributed by atoms with van der Waals surface area (Å²) in [6.45, 7) is 3.12. The van der Waals surface area contributed by atoms with Gasteiger partial charge >= 0.3 is 0 Å². The van der Waals surface area contributed by atoms with Crippen molar-refractivity contribution in [2.75, 3.05) is 13.1 Å². The molecular weight excluding hydrogens is 388 g/mol. The van der Waals surface area contributed by atoms with Crippen LogP contribution in [0, 0.1) is 12.8 Å². The number of hydrogen-bond acceptors (Lipinski definition) is 5. The van der Waals surface area contributed by atoms with E-state index in [9.17, 15) is 9.59 Å². The number of nitrogens with zero attached hydrogens (tertiary/aromatic N) is 3. The van der Waals surface area contributed by atoms with Crippen molar-refractivity contribution in [2.45, 2.75) is 26.3 Å². The molecule has 2 amide bonds. The van der Waals surface area contributed by atoms with Crippen LogP contribution in [0.1, 0.15) is 34.9 Å². The van der Waals surface area contributed by atoms with Crippen molar-refractivity contribution in [3.05, 3.63) is 46.0 Å². The van der Waals surface area contributed by atoms with Gasteiger partial charge in [-0.1, -0.05) is 21.1 Å². The van der Waals surface area contributed by atoms with Crippen molar-refractivity contribution < 1.29 is 14.1 Å². The van der Waals surface area contributed by atoms with Crippen LogP contribution >= 0.6 is 15.9 Å². The Kier molecular flexibility index (Phi) is 5.47. The monoisotopic (exact) mass is 406 g/mol. The molecule has 132 valence electrons. The van der Waals surface area contributed by atoms with Gasteiger partial charge in [-0.2, -0.15) is 4.98 Å². The quantitative estimate of drug-likeness (QED) is 0.841. The topological polar surface area (TPSA) is 88.3 Å². The summed E-state index contributed by atoms with van der Waals surface area (Å²) in [5.41, 5.74) is 0.665. The third-order valence-electron chi connectivity index (χ3n) is 4.23. The number of nitrogens with one attached hydrogen (secondary N) is 1. The summed E-state index contributed by atoms with van der Waals surface area (Å²) >= 11 is 3.36. The summed E-state index contributed by atoms with van der Waals surface area (Å²) in [6, 6.07) is 7.31. The Bertz CT molecular complexity index is 752. The fraction of sp³-hybridized carbons (Fsp3) is 0.412. The summed E-state index contributed by atoms with van der Waals surface area (Å²) in [5.74, 6) is 0.815. The van der Waals surface area contributed by atoms with Crippen molar-refractivity contribution in [2.24, 2.45) is 5.92 Å². The summed E-state index contributed by atoms with van der Waals surface area (Å²) in [7, 11) is 0. The van der Waals surface area contributed by atoms with Gasteiger partial charge in [-0.05, 0) is 44.0 Å². The third kappa shape index (κ3) is 4.45. The minimum Gasteiger partial charge on any atom is -0.347 e. The van der Waals surface area contributed by atoms with Gasteiger partial charge in [0, 0.05) is 29.0 Å². The molecular formula is C17H19BrN4O3. The van der Waals surface area contributed by atoms with Crippen molar-refractivity contribution in [3.8, 4) is 0 Å². The molecule has 1 aliphatic rings. The zero-order valence-electron chi connectivity index (χ0n) is 13.9. The number of halogens is 1. The number of benzene rings is 1. The van der Waals surface area contributed by atoms with E-state index in [1.54, 1.807) is 24.0 Å². The maximum atomic E-state index is 12.5. The highest BCUT2D eigenvalue weighted by Gasteiger charge is 2.27. The third-order valence-corrected chi connectivity index (χ3v) is 4.76. The van der Waals surface area contributed by atoms with Gasteiger partial charge in [0.2, 0.25) is 11.8 Å². The first-order valence-corrected chi connectivity index (χ1v) is 8.94. The van der Waals surface area contributed by atoms with E-state index in [1.165, 1.54) is 0 Å². The van der Waals surface area contributed by atoms with E-state index in [-0.39, 0.29) is 24.3 Å². The molecule has 1 fully saturated rings. The smallest absolute Gasteiger partial charge is 0.253 e. The molecule has 0 saturated carbocycles. The van der Waals surface area contributed by atoms with Crippen molar-refractivity contribution in [1.29, 1.82) is 0 Å². The SMILES string of the molecule is Cc1noc(CNC(=O)C2CCN(C(=O)c3ccc(Br)cc3)CC2)n1. The van der Waals surface area contributed by atoms with E-state index < -0.39 is 0 Å². The van der Waals surface area contributed by atoms with Crippen molar-refractivity contribution in [3.63, 3.8) is 0 Å². The molecule has 3 rings (SSSR count). The van der Waals surface area contributed by atoms with Crippen LogP contribution in [0.5, 0.6) is 0 Å². The lowest BCUT2D eigenvalue weighted by atomic mass is 9.95. The maximum Gasteiger partial charge on any atom is 0.253 e. The highest BCUT2D eigenvalue weighted by molar-refractivity contribution is 9.10. The molecule has 1 saturated heterocycles. The van der Waals surface area contributed by atoms with E-state index in [1.807, 2.05) is 12.1 Å². The lowest BCUT2D eigenvalue weighted by molar-refractivity contribution is -0.126. The Morgan fingerprint density at radius 2 is 1.96 bits per heavy atom. The minimum atomic E-state index is -0.0991. The van der Waals surface area contributed by atoms with Gasteiger partial charge in [0.15, 0.2) is 5.82 Å². The number of likely N-dealkylation sites (tertiary alicyclic amines) is 1. The molecule has 2 heterocycles. The second kappa shape index (κ2) is 7.77. The average molecular weight is 407 g/mol. The normalized spacial score (nSPS) is 15.2. The lowest BCUT2D eigenvalue weighted by Gasteiger charge is -2.31. The second-order valence-electron chi connectivity index (χ2n) is 6.03. The Labute approximate surface area is 153 Å². The highest BCUT2D eigenvalue weighted by Crippen LogP contribution is 2.20. The zero-order chi connectivity index (χ0) is 17.8. The summed E-state index contributed by atoms with van der Waals surface area (Å²) in [4.78, 5) is 30.6. The number of carbonyl (C=O) groups excluding carboxylic acids is 2. The molecule has 0 spiro atoms. The molecule has 0 bridgehead atoms. The molecule has 0 atom stereocenters. The van der Waals surface area contributed by atoms with Gasteiger partial charge in [0.05, 0.1) is 6.54 Å². The first-order chi connectivity index (χ1) is 12.0. The van der Waals surface area contributed by atoms with Crippen LogP contribution in [0.4, 0.5) is 0 Å². The molecule has 25 heavy (non-hydrogen) atoms.